The first-order valence-corrected chi connectivity index (χ1v) is 9.49. The van der Waals surface area contributed by atoms with Gasteiger partial charge in [0.1, 0.15) is 0 Å². The molecular formula is C18H31N5O. The second-order valence-electron chi connectivity index (χ2n) is 7.13. The number of amides is 1. The lowest BCUT2D eigenvalue weighted by Crippen LogP contribution is -2.42. The van der Waals surface area contributed by atoms with E-state index < -0.39 is 0 Å². The molecule has 0 spiro atoms. The molecule has 1 amide bonds. The van der Waals surface area contributed by atoms with Crippen molar-refractivity contribution in [2.45, 2.75) is 64.6 Å². The molecule has 0 aromatic carbocycles. The van der Waals surface area contributed by atoms with Crippen LogP contribution in [0.2, 0.25) is 0 Å². The molecule has 2 N–H and O–H groups in total. The molecular weight excluding hydrogens is 302 g/mol. The largest absolute Gasteiger partial charge is 0.355 e. The van der Waals surface area contributed by atoms with Gasteiger partial charge in [-0.15, -0.1) is 0 Å². The Hall–Kier alpha value is -1.40. The summed E-state index contributed by atoms with van der Waals surface area (Å²) in [6, 6.07) is -0.0661. The number of hydrogen-bond donors (Lipinski definition) is 2. The lowest BCUT2D eigenvalue weighted by Gasteiger charge is -2.26. The highest BCUT2D eigenvalue weighted by Crippen LogP contribution is 2.11. The summed E-state index contributed by atoms with van der Waals surface area (Å²) in [7, 11) is 0. The van der Waals surface area contributed by atoms with Crippen molar-refractivity contribution in [3.8, 4) is 0 Å². The quantitative estimate of drug-likeness (QED) is 0.827. The second kappa shape index (κ2) is 8.62. The van der Waals surface area contributed by atoms with Crippen molar-refractivity contribution in [1.29, 1.82) is 0 Å². The van der Waals surface area contributed by atoms with E-state index in [9.17, 15) is 4.79 Å². The summed E-state index contributed by atoms with van der Waals surface area (Å²) in [4.78, 5) is 14.5. The van der Waals surface area contributed by atoms with Gasteiger partial charge in [0.15, 0.2) is 0 Å². The van der Waals surface area contributed by atoms with Crippen molar-refractivity contribution in [2.75, 3.05) is 26.2 Å². The monoisotopic (exact) mass is 333 g/mol. The molecule has 6 heteroatoms. The zero-order valence-electron chi connectivity index (χ0n) is 14.9. The number of carbonyl (C=O) groups is 1. The van der Waals surface area contributed by atoms with Crippen LogP contribution in [0.5, 0.6) is 0 Å². The van der Waals surface area contributed by atoms with Crippen molar-refractivity contribution in [1.82, 2.24) is 25.3 Å². The first-order valence-electron chi connectivity index (χ1n) is 9.49. The van der Waals surface area contributed by atoms with Crippen molar-refractivity contribution in [3.05, 3.63) is 17.5 Å². The van der Waals surface area contributed by atoms with E-state index in [2.05, 4.69) is 38.4 Å². The second-order valence-corrected chi connectivity index (χ2v) is 7.13. The van der Waals surface area contributed by atoms with Gasteiger partial charge in [-0.3, -0.25) is 9.48 Å². The van der Waals surface area contributed by atoms with Gasteiger partial charge in [-0.2, -0.15) is 5.10 Å². The summed E-state index contributed by atoms with van der Waals surface area (Å²) in [6.45, 7) is 8.07. The summed E-state index contributed by atoms with van der Waals surface area (Å²) in [5.41, 5.74) is 2.26. The zero-order valence-corrected chi connectivity index (χ0v) is 14.9. The summed E-state index contributed by atoms with van der Waals surface area (Å²) in [5.74, 6) is 0.141. The van der Waals surface area contributed by atoms with Gasteiger partial charge in [-0.25, -0.2) is 0 Å². The van der Waals surface area contributed by atoms with Crippen LogP contribution in [0.4, 0.5) is 0 Å². The molecule has 0 aliphatic carbocycles. The van der Waals surface area contributed by atoms with Gasteiger partial charge in [-0.05, 0) is 52.1 Å². The number of piperidine rings is 1. The van der Waals surface area contributed by atoms with E-state index in [-0.39, 0.29) is 11.9 Å². The lowest BCUT2D eigenvalue weighted by molar-refractivity contribution is -0.122. The molecule has 1 aromatic heterocycles. The third kappa shape index (κ3) is 4.80. The van der Waals surface area contributed by atoms with Crippen LogP contribution in [-0.2, 0) is 17.9 Å². The van der Waals surface area contributed by atoms with E-state index in [1.54, 1.807) is 0 Å². The number of carbonyl (C=O) groups excluding carboxylic acids is 1. The van der Waals surface area contributed by atoms with Gasteiger partial charge in [0.05, 0.1) is 18.3 Å². The van der Waals surface area contributed by atoms with Gasteiger partial charge < -0.3 is 15.5 Å². The number of aromatic nitrogens is 2. The van der Waals surface area contributed by atoms with E-state index in [1.807, 2.05) is 0 Å². The number of aryl methyl sites for hydroxylation is 1. The SMILES string of the molecule is Cc1nn(CCN2CCCCC2)cc1CN[C@H]1CCCCNC1=O. The van der Waals surface area contributed by atoms with Gasteiger partial charge in [-0.1, -0.05) is 6.42 Å². The van der Waals surface area contributed by atoms with Gasteiger partial charge in [0, 0.05) is 31.4 Å². The van der Waals surface area contributed by atoms with Crippen LogP contribution >= 0.6 is 0 Å². The highest BCUT2D eigenvalue weighted by atomic mass is 16.2. The van der Waals surface area contributed by atoms with Gasteiger partial charge in [0.25, 0.3) is 0 Å². The lowest BCUT2D eigenvalue weighted by atomic mass is 10.1. The molecule has 3 heterocycles. The molecule has 24 heavy (non-hydrogen) atoms. The van der Waals surface area contributed by atoms with Crippen LogP contribution in [0.1, 0.15) is 49.8 Å². The Morgan fingerprint density at radius 3 is 2.88 bits per heavy atom. The molecule has 2 aliphatic rings. The predicted molar refractivity (Wildman–Crippen MR) is 94.7 cm³/mol. The van der Waals surface area contributed by atoms with E-state index in [0.29, 0.717) is 6.54 Å². The first kappa shape index (κ1) is 17.4. The molecule has 134 valence electrons. The molecule has 2 fully saturated rings. The van der Waals surface area contributed by atoms with Crippen molar-refractivity contribution in [3.63, 3.8) is 0 Å². The Kier molecular flexibility index (Phi) is 6.26. The van der Waals surface area contributed by atoms with Crippen LogP contribution in [0, 0.1) is 6.92 Å². The molecule has 3 rings (SSSR count). The molecule has 0 bridgehead atoms. The summed E-state index contributed by atoms with van der Waals surface area (Å²) in [5, 5.41) is 11.0. The average molecular weight is 333 g/mol. The Labute approximate surface area is 145 Å². The minimum atomic E-state index is -0.0661. The van der Waals surface area contributed by atoms with E-state index in [0.717, 1.165) is 44.6 Å². The fourth-order valence-electron chi connectivity index (χ4n) is 3.64. The normalized spacial score (nSPS) is 23.0. The molecule has 0 radical (unpaired) electrons. The molecule has 2 aliphatic heterocycles. The number of rotatable bonds is 6. The fourth-order valence-corrected chi connectivity index (χ4v) is 3.64. The maximum atomic E-state index is 12.0. The smallest absolute Gasteiger partial charge is 0.237 e. The third-order valence-corrected chi connectivity index (χ3v) is 5.22. The van der Waals surface area contributed by atoms with Crippen molar-refractivity contribution >= 4 is 5.91 Å². The fraction of sp³-hybridized carbons (Fsp3) is 0.778. The van der Waals surface area contributed by atoms with Crippen molar-refractivity contribution in [2.24, 2.45) is 0 Å². The predicted octanol–water partition coefficient (Wildman–Crippen LogP) is 1.44. The Morgan fingerprint density at radius 2 is 2.04 bits per heavy atom. The number of hydrogen-bond acceptors (Lipinski definition) is 4. The number of nitrogens with zero attached hydrogens (tertiary/aromatic N) is 3. The number of nitrogens with one attached hydrogen (secondary N) is 2. The van der Waals surface area contributed by atoms with E-state index in [4.69, 9.17) is 0 Å². The maximum Gasteiger partial charge on any atom is 0.237 e. The highest BCUT2D eigenvalue weighted by Gasteiger charge is 2.20. The van der Waals surface area contributed by atoms with Crippen LogP contribution in [0.15, 0.2) is 6.20 Å². The Bertz CT molecular complexity index is 536. The summed E-state index contributed by atoms with van der Waals surface area (Å²) < 4.78 is 2.06. The van der Waals surface area contributed by atoms with E-state index >= 15 is 0 Å². The Morgan fingerprint density at radius 1 is 1.21 bits per heavy atom. The van der Waals surface area contributed by atoms with Gasteiger partial charge in [0.2, 0.25) is 5.91 Å². The molecule has 2 saturated heterocycles. The molecule has 1 atom stereocenters. The summed E-state index contributed by atoms with van der Waals surface area (Å²) >= 11 is 0. The standard InChI is InChI=1S/C18H31N5O/c1-15-16(13-20-17-7-3-4-8-19-18(17)24)14-23(21-15)12-11-22-9-5-2-6-10-22/h14,17,20H,2-13H2,1H3,(H,19,24)/t17-/m0/s1. The van der Waals surface area contributed by atoms with Crippen LogP contribution in [-0.4, -0.2) is 52.8 Å². The number of likely N-dealkylation sites (tertiary alicyclic amines) is 1. The van der Waals surface area contributed by atoms with Crippen molar-refractivity contribution < 1.29 is 4.79 Å². The zero-order chi connectivity index (χ0) is 16.8. The van der Waals surface area contributed by atoms with Crippen LogP contribution < -0.4 is 10.6 Å². The topological polar surface area (TPSA) is 62.2 Å². The van der Waals surface area contributed by atoms with Crippen LogP contribution in [0.3, 0.4) is 0 Å². The minimum Gasteiger partial charge on any atom is -0.355 e. The van der Waals surface area contributed by atoms with Crippen LogP contribution in [0.25, 0.3) is 0 Å². The average Bonchev–Trinajstić information content (AvgIpc) is 2.82. The highest BCUT2D eigenvalue weighted by molar-refractivity contribution is 5.81. The van der Waals surface area contributed by atoms with Gasteiger partial charge >= 0.3 is 0 Å². The minimum absolute atomic E-state index is 0.0661. The molecule has 0 saturated carbocycles. The molecule has 6 nitrogen and oxygen atoms in total. The molecule has 1 aromatic rings. The van der Waals surface area contributed by atoms with E-state index in [1.165, 1.54) is 37.9 Å². The first-order chi connectivity index (χ1) is 11.7. The maximum absolute atomic E-state index is 12.0. The molecule has 0 unspecified atom stereocenters. The summed E-state index contributed by atoms with van der Waals surface area (Å²) in [6.07, 6.45) is 9.28. The third-order valence-electron chi connectivity index (χ3n) is 5.22. The Balaban J connectivity index is 1.49.